The molecule has 0 aliphatic rings. The third-order valence-electron chi connectivity index (χ3n) is 2.70. The van der Waals surface area contributed by atoms with Crippen LogP contribution in [0.25, 0.3) is 6.08 Å². The van der Waals surface area contributed by atoms with Gasteiger partial charge in [0.15, 0.2) is 5.71 Å². The molecule has 22 heavy (non-hydrogen) atoms. The molecule has 1 aromatic rings. The van der Waals surface area contributed by atoms with Gasteiger partial charge in [-0.25, -0.2) is 0 Å². The number of rotatable bonds is 6. The summed E-state index contributed by atoms with van der Waals surface area (Å²) in [6, 6.07) is 7.19. The van der Waals surface area contributed by atoms with Crippen molar-refractivity contribution >= 4 is 35.0 Å². The molecular weight excluding hydrogens is 306 g/mol. The van der Waals surface area contributed by atoms with E-state index in [1.165, 1.54) is 21.3 Å². The normalized spacial score (nSPS) is 12.9. The first-order valence-electron chi connectivity index (χ1n) is 6.43. The summed E-state index contributed by atoms with van der Waals surface area (Å²) in [7, 11) is 4.34. The summed E-state index contributed by atoms with van der Waals surface area (Å²) >= 11 is 6.19. The van der Waals surface area contributed by atoms with E-state index < -0.39 is 0 Å². The van der Waals surface area contributed by atoms with Crippen molar-refractivity contribution in [1.29, 1.82) is 0 Å². The number of halogens is 1. The van der Waals surface area contributed by atoms with Gasteiger partial charge in [-0.1, -0.05) is 46.2 Å². The van der Waals surface area contributed by atoms with Gasteiger partial charge in [0.05, 0.1) is 10.7 Å². The average molecular weight is 324 g/mol. The molecule has 1 rings (SSSR count). The second-order valence-corrected chi connectivity index (χ2v) is 4.55. The topological polar surface area (TPSA) is 72.3 Å². The van der Waals surface area contributed by atoms with Crippen LogP contribution in [0.3, 0.4) is 0 Å². The van der Waals surface area contributed by atoms with Gasteiger partial charge in [-0.15, -0.1) is 0 Å². The minimum atomic E-state index is -0.360. The number of likely N-dealkylation sites (N-methyl/N-ethyl adjacent to an activating group) is 1. The highest BCUT2D eigenvalue weighted by Crippen LogP contribution is 2.18. The maximum Gasteiger partial charge on any atom is 0.273 e. The zero-order valence-corrected chi connectivity index (χ0v) is 13.6. The average Bonchev–Trinajstić information content (AvgIpc) is 2.53. The first-order chi connectivity index (χ1) is 10.5. The second kappa shape index (κ2) is 8.84. The number of carbonyl (C=O) groups excluding carboxylic acids is 1. The molecule has 1 amide bonds. The lowest BCUT2D eigenvalue weighted by Gasteiger charge is -2.08. The molecule has 0 saturated heterocycles. The van der Waals surface area contributed by atoms with Gasteiger partial charge in [-0.2, -0.15) is 0 Å². The number of oxime groups is 2. The SMILES string of the molecule is CNC(=O)C(=NOC)c1ccccc1C=C(Cl)/C(C)=N\OC. The lowest BCUT2D eigenvalue weighted by Crippen LogP contribution is -2.29. The number of benzene rings is 1. The Morgan fingerprint density at radius 2 is 1.86 bits per heavy atom. The lowest BCUT2D eigenvalue weighted by molar-refractivity contribution is -0.114. The van der Waals surface area contributed by atoms with Crippen LogP contribution in [0.15, 0.2) is 39.6 Å². The molecule has 0 radical (unpaired) electrons. The van der Waals surface area contributed by atoms with Gasteiger partial charge in [-0.3, -0.25) is 4.79 Å². The van der Waals surface area contributed by atoms with Crippen LogP contribution >= 0.6 is 11.6 Å². The zero-order valence-electron chi connectivity index (χ0n) is 12.9. The standard InChI is InChI=1S/C15H18ClN3O3/c1-10(18-21-3)13(16)9-11-7-5-6-8-12(11)14(19-22-4)15(20)17-2/h5-9H,1-4H3,(H,17,20)/b13-9?,18-10-,19-14?. The van der Waals surface area contributed by atoms with E-state index in [1.807, 2.05) is 12.1 Å². The summed E-state index contributed by atoms with van der Waals surface area (Å²) in [5.41, 5.74) is 1.97. The van der Waals surface area contributed by atoms with Gasteiger partial charge in [0.1, 0.15) is 14.2 Å². The molecule has 0 fully saturated rings. The Hall–Kier alpha value is -2.34. The van der Waals surface area contributed by atoms with E-state index >= 15 is 0 Å². The predicted octanol–water partition coefficient (Wildman–Crippen LogP) is 2.39. The largest absolute Gasteiger partial charge is 0.399 e. The molecule has 0 unspecified atom stereocenters. The molecule has 0 aliphatic heterocycles. The van der Waals surface area contributed by atoms with E-state index in [-0.39, 0.29) is 11.6 Å². The Morgan fingerprint density at radius 1 is 1.23 bits per heavy atom. The van der Waals surface area contributed by atoms with Crippen LogP contribution in [0, 0.1) is 0 Å². The lowest BCUT2D eigenvalue weighted by atomic mass is 10.0. The second-order valence-electron chi connectivity index (χ2n) is 4.14. The van der Waals surface area contributed by atoms with E-state index in [4.69, 9.17) is 16.4 Å². The van der Waals surface area contributed by atoms with Gasteiger partial charge in [0, 0.05) is 12.6 Å². The third-order valence-corrected chi connectivity index (χ3v) is 3.08. The van der Waals surface area contributed by atoms with E-state index in [1.54, 1.807) is 25.1 Å². The molecule has 0 saturated carbocycles. The molecular formula is C15H18ClN3O3. The Kier molecular flexibility index (Phi) is 7.12. The molecule has 0 spiro atoms. The van der Waals surface area contributed by atoms with Gasteiger partial charge in [0.2, 0.25) is 0 Å². The minimum Gasteiger partial charge on any atom is -0.399 e. The highest BCUT2D eigenvalue weighted by Gasteiger charge is 2.16. The minimum absolute atomic E-state index is 0.155. The van der Waals surface area contributed by atoms with Crippen LogP contribution < -0.4 is 5.32 Å². The fourth-order valence-corrected chi connectivity index (χ4v) is 1.83. The molecule has 0 heterocycles. The quantitative estimate of drug-likeness (QED) is 0.645. The maximum atomic E-state index is 12.0. The fraction of sp³-hybridized carbons (Fsp3) is 0.267. The third kappa shape index (κ3) is 4.60. The molecule has 0 bridgehead atoms. The van der Waals surface area contributed by atoms with Crippen LogP contribution in [0.1, 0.15) is 18.1 Å². The van der Waals surface area contributed by atoms with Crippen LogP contribution in [-0.4, -0.2) is 38.6 Å². The van der Waals surface area contributed by atoms with Crippen LogP contribution in [0.4, 0.5) is 0 Å². The highest BCUT2D eigenvalue weighted by molar-refractivity contribution is 6.47. The molecule has 0 aliphatic carbocycles. The Bertz CT molecular complexity index is 624. The van der Waals surface area contributed by atoms with Gasteiger partial charge >= 0.3 is 0 Å². The molecule has 0 aromatic heterocycles. The van der Waals surface area contributed by atoms with Crippen molar-refractivity contribution < 1.29 is 14.5 Å². The van der Waals surface area contributed by atoms with E-state index in [9.17, 15) is 4.79 Å². The van der Waals surface area contributed by atoms with Crippen molar-refractivity contribution in [2.24, 2.45) is 10.3 Å². The number of nitrogens with one attached hydrogen (secondary N) is 1. The van der Waals surface area contributed by atoms with Crippen molar-refractivity contribution in [1.82, 2.24) is 5.32 Å². The number of hydrogen-bond donors (Lipinski definition) is 1. The summed E-state index contributed by atoms with van der Waals surface area (Å²) < 4.78 is 0. The highest BCUT2D eigenvalue weighted by atomic mass is 35.5. The van der Waals surface area contributed by atoms with E-state index in [0.717, 1.165) is 0 Å². The van der Waals surface area contributed by atoms with Crippen LogP contribution in [-0.2, 0) is 14.5 Å². The fourth-order valence-electron chi connectivity index (χ4n) is 1.68. The van der Waals surface area contributed by atoms with Crippen molar-refractivity contribution in [3.05, 3.63) is 40.4 Å². The molecule has 7 heteroatoms. The molecule has 1 N–H and O–H groups in total. The predicted molar refractivity (Wildman–Crippen MR) is 88.0 cm³/mol. The number of hydrogen-bond acceptors (Lipinski definition) is 5. The molecule has 6 nitrogen and oxygen atoms in total. The van der Waals surface area contributed by atoms with Gasteiger partial charge in [0.25, 0.3) is 5.91 Å². The number of carbonyl (C=O) groups is 1. The maximum absolute atomic E-state index is 12.0. The Morgan fingerprint density at radius 3 is 2.45 bits per heavy atom. The van der Waals surface area contributed by atoms with Crippen molar-refractivity contribution in [3.63, 3.8) is 0 Å². The number of allylic oxidation sites excluding steroid dienone is 1. The van der Waals surface area contributed by atoms with Crippen LogP contribution in [0.5, 0.6) is 0 Å². The van der Waals surface area contributed by atoms with Crippen LogP contribution in [0.2, 0.25) is 0 Å². The summed E-state index contributed by atoms with van der Waals surface area (Å²) in [5.74, 6) is -0.360. The molecule has 0 atom stereocenters. The van der Waals surface area contributed by atoms with Crippen molar-refractivity contribution in [2.45, 2.75) is 6.92 Å². The van der Waals surface area contributed by atoms with E-state index in [2.05, 4.69) is 20.5 Å². The Balaban J connectivity index is 3.35. The monoisotopic (exact) mass is 323 g/mol. The Labute approximate surface area is 134 Å². The van der Waals surface area contributed by atoms with Gasteiger partial charge < -0.3 is 15.0 Å². The molecule has 1 aromatic carbocycles. The molecule has 118 valence electrons. The summed E-state index contributed by atoms with van der Waals surface area (Å²) in [4.78, 5) is 21.4. The van der Waals surface area contributed by atoms with Crippen molar-refractivity contribution in [3.8, 4) is 0 Å². The van der Waals surface area contributed by atoms with E-state index in [0.29, 0.717) is 21.9 Å². The first kappa shape index (κ1) is 17.7. The summed E-state index contributed by atoms with van der Waals surface area (Å²) in [6.45, 7) is 1.72. The zero-order chi connectivity index (χ0) is 16.5. The number of amides is 1. The van der Waals surface area contributed by atoms with Gasteiger partial charge in [-0.05, 0) is 18.6 Å². The number of nitrogens with zero attached hydrogens (tertiary/aromatic N) is 2. The first-order valence-corrected chi connectivity index (χ1v) is 6.80. The van der Waals surface area contributed by atoms with Crippen molar-refractivity contribution in [2.75, 3.05) is 21.3 Å². The smallest absolute Gasteiger partial charge is 0.273 e. The summed E-state index contributed by atoms with van der Waals surface area (Å²) in [6.07, 6.45) is 1.68. The summed E-state index contributed by atoms with van der Waals surface area (Å²) in [5, 5.41) is 10.5.